The van der Waals surface area contributed by atoms with Gasteiger partial charge in [0, 0.05) is 4.88 Å². The molecule has 2 aromatic rings. The molecule has 0 radical (unpaired) electrons. The molecule has 0 N–H and O–H groups in total. The van der Waals surface area contributed by atoms with Crippen molar-refractivity contribution in [1.82, 2.24) is 9.97 Å². The van der Waals surface area contributed by atoms with Crippen molar-refractivity contribution in [2.45, 2.75) is 6.61 Å². The molecule has 0 fully saturated rings. The van der Waals surface area contributed by atoms with Crippen molar-refractivity contribution in [3.8, 4) is 6.01 Å². The van der Waals surface area contributed by atoms with Crippen LogP contribution in [0.25, 0.3) is 0 Å². The predicted octanol–water partition coefficient (Wildman–Crippen LogP) is 2.26. The van der Waals surface area contributed by atoms with Crippen LogP contribution in [0.1, 0.15) is 4.88 Å². The Hall–Kier alpha value is -1.49. The standard InChI is InChI=1S/C9H7FN2OS/c10-7-4-11-9(12-5-7)13-6-8-2-1-3-14-8/h1-5H,6H2. The first kappa shape index (κ1) is 9.08. The van der Waals surface area contributed by atoms with E-state index in [-0.39, 0.29) is 6.01 Å². The van der Waals surface area contributed by atoms with Crippen LogP contribution in [0.4, 0.5) is 4.39 Å². The van der Waals surface area contributed by atoms with Crippen molar-refractivity contribution in [2.75, 3.05) is 0 Å². The monoisotopic (exact) mass is 210 g/mol. The molecular formula is C9H7FN2OS. The van der Waals surface area contributed by atoms with E-state index in [9.17, 15) is 4.39 Å². The Morgan fingerprint density at radius 1 is 1.36 bits per heavy atom. The zero-order valence-corrected chi connectivity index (χ0v) is 8.00. The highest BCUT2D eigenvalue weighted by Gasteiger charge is 1.99. The molecule has 0 aliphatic carbocycles. The van der Waals surface area contributed by atoms with Crippen LogP contribution in [0.5, 0.6) is 6.01 Å². The van der Waals surface area contributed by atoms with Crippen LogP contribution < -0.4 is 4.74 Å². The van der Waals surface area contributed by atoms with E-state index < -0.39 is 5.82 Å². The van der Waals surface area contributed by atoms with Gasteiger partial charge in [-0.15, -0.1) is 11.3 Å². The zero-order valence-electron chi connectivity index (χ0n) is 7.18. The minimum atomic E-state index is -0.464. The largest absolute Gasteiger partial charge is 0.458 e. The molecule has 3 nitrogen and oxygen atoms in total. The van der Waals surface area contributed by atoms with Gasteiger partial charge in [-0.05, 0) is 11.4 Å². The molecule has 5 heteroatoms. The minimum Gasteiger partial charge on any atom is -0.458 e. The van der Waals surface area contributed by atoms with Gasteiger partial charge < -0.3 is 4.74 Å². The quantitative estimate of drug-likeness (QED) is 0.779. The van der Waals surface area contributed by atoms with Crippen LogP contribution in [0.2, 0.25) is 0 Å². The minimum absolute atomic E-state index is 0.194. The second kappa shape index (κ2) is 4.15. The van der Waals surface area contributed by atoms with Gasteiger partial charge in [0.05, 0.1) is 12.4 Å². The summed E-state index contributed by atoms with van der Waals surface area (Å²) < 4.78 is 17.6. The first-order valence-corrected chi connectivity index (χ1v) is 4.85. The molecule has 0 saturated heterocycles. The Bertz CT molecular complexity index is 388. The molecule has 0 atom stereocenters. The lowest BCUT2D eigenvalue weighted by atomic mass is 10.5. The summed E-state index contributed by atoms with van der Waals surface area (Å²) in [5.74, 6) is -0.464. The van der Waals surface area contributed by atoms with Gasteiger partial charge in [-0.2, -0.15) is 0 Å². The third-order valence-corrected chi connectivity index (χ3v) is 2.37. The maximum Gasteiger partial charge on any atom is 0.316 e. The first-order valence-electron chi connectivity index (χ1n) is 3.97. The molecule has 72 valence electrons. The van der Waals surface area contributed by atoms with Crippen molar-refractivity contribution in [3.63, 3.8) is 0 Å². The maximum atomic E-state index is 12.4. The van der Waals surface area contributed by atoms with E-state index in [0.29, 0.717) is 6.61 Å². The number of halogens is 1. The predicted molar refractivity (Wildman–Crippen MR) is 50.6 cm³/mol. The number of thiophene rings is 1. The molecule has 0 aliphatic rings. The second-order valence-corrected chi connectivity index (χ2v) is 3.58. The number of hydrogen-bond donors (Lipinski definition) is 0. The molecule has 2 aromatic heterocycles. The van der Waals surface area contributed by atoms with Crippen molar-refractivity contribution in [1.29, 1.82) is 0 Å². The zero-order chi connectivity index (χ0) is 9.80. The van der Waals surface area contributed by atoms with E-state index in [1.165, 1.54) is 0 Å². The van der Waals surface area contributed by atoms with Gasteiger partial charge in [-0.1, -0.05) is 6.07 Å². The fraction of sp³-hybridized carbons (Fsp3) is 0.111. The normalized spacial score (nSPS) is 10.1. The molecule has 0 bridgehead atoms. The van der Waals surface area contributed by atoms with Crippen molar-refractivity contribution < 1.29 is 9.13 Å². The molecule has 0 amide bonds. The van der Waals surface area contributed by atoms with E-state index in [1.54, 1.807) is 11.3 Å². The second-order valence-electron chi connectivity index (χ2n) is 2.55. The fourth-order valence-corrected chi connectivity index (χ4v) is 1.52. The number of rotatable bonds is 3. The number of hydrogen-bond acceptors (Lipinski definition) is 4. The number of nitrogens with zero attached hydrogens (tertiary/aromatic N) is 2. The van der Waals surface area contributed by atoms with E-state index in [2.05, 4.69) is 9.97 Å². The third-order valence-electron chi connectivity index (χ3n) is 1.52. The van der Waals surface area contributed by atoms with Gasteiger partial charge in [0.1, 0.15) is 6.61 Å². The molecule has 0 aliphatic heterocycles. The number of ether oxygens (including phenoxy) is 1. The summed E-state index contributed by atoms with van der Waals surface area (Å²) in [6, 6.07) is 4.09. The lowest BCUT2D eigenvalue weighted by Crippen LogP contribution is -1.97. The highest BCUT2D eigenvalue weighted by atomic mass is 32.1. The van der Waals surface area contributed by atoms with Gasteiger partial charge in [0.15, 0.2) is 5.82 Å². The third kappa shape index (κ3) is 2.26. The summed E-state index contributed by atoms with van der Waals surface area (Å²) >= 11 is 1.59. The van der Waals surface area contributed by atoms with Crippen molar-refractivity contribution in [3.05, 3.63) is 40.6 Å². The summed E-state index contributed by atoms with van der Waals surface area (Å²) in [5.41, 5.74) is 0. The average Bonchev–Trinajstić information content (AvgIpc) is 2.70. The Kier molecular flexibility index (Phi) is 2.69. The van der Waals surface area contributed by atoms with Crippen LogP contribution in [0.15, 0.2) is 29.9 Å². The maximum absolute atomic E-state index is 12.4. The van der Waals surface area contributed by atoms with E-state index in [4.69, 9.17) is 4.74 Å². The van der Waals surface area contributed by atoms with Gasteiger partial charge in [-0.3, -0.25) is 0 Å². The van der Waals surface area contributed by atoms with Gasteiger partial charge in [-0.25, -0.2) is 14.4 Å². The van der Waals surface area contributed by atoms with E-state index in [1.807, 2.05) is 17.5 Å². The lowest BCUT2D eigenvalue weighted by Gasteiger charge is -2.00. The highest BCUT2D eigenvalue weighted by molar-refractivity contribution is 7.09. The smallest absolute Gasteiger partial charge is 0.316 e. The van der Waals surface area contributed by atoms with Crippen molar-refractivity contribution in [2.24, 2.45) is 0 Å². The van der Waals surface area contributed by atoms with Gasteiger partial charge in [0.25, 0.3) is 0 Å². The van der Waals surface area contributed by atoms with E-state index in [0.717, 1.165) is 17.3 Å². The Morgan fingerprint density at radius 2 is 2.14 bits per heavy atom. The van der Waals surface area contributed by atoms with Crippen LogP contribution in [0, 0.1) is 5.82 Å². The topological polar surface area (TPSA) is 35.0 Å². The summed E-state index contributed by atoms with van der Waals surface area (Å²) in [7, 11) is 0. The van der Waals surface area contributed by atoms with Crippen LogP contribution in [-0.4, -0.2) is 9.97 Å². The SMILES string of the molecule is Fc1cnc(OCc2cccs2)nc1. The molecule has 0 saturated carbocycles. The van der Waals surface area contributed by atoms with Crippen molar-refractivity contribution >= 4 is 11.3 Å². The summed E-state index contributed by atoms with van der Waals surface area (Å²) in [4.78, 5) is 8.43. The Balaban J connectivity index is 1.95. The molecular weight excluding hydrogens is 203 g/mol. The van der Waals surface area contributed by atoms with Crippen LogP contribution >= 0.6 is 11.3 Å². The first-order chi connectivity index (χ1) is 6.84. The van der Waals surface area contributed by atoms with E-state index >= 15 is 0 Å². The molecule has 2 rings (SSSR count). The summed E-state index contributed by atoms with van der Waals surface area (Å²) in [5, 5.41) is 1.96. The summed E-state index contributed by atoms with van der Waals surface area (Å²) in [6.45, 7) is 0.420. The molecule has 0 aromatic carbocycles. The Morgan fingerprint density at radius 3 is 2.79 bits per heavy atom. The summed E-state index contributed by atoms with van der Waals surface area (Å²) in [6.07, 6.45) is 2.16. The van der Waals surface area contributed by atoms with Gasteiger partial charge in [0.2, 0.25) is 0 Å². The number of aromatic nitrogens is 2. The van der Waals surface area contributed by atoms with Crippen LogP contribution in [0.3, 0.4) is 0 Å². The molecule has 0 unspecified atom stereocenters. The van der Waals surface area contributed by atoms with Crippen LogP contribution in [-0.2, 0) is 6.61 Å². The highest BCUT2D eigenvalue weighted by Crippen LogP contribution is 2.11. The molecule has 0 spiro atoms. The van der Waals surface area contributed by atoms with Gasteiger partial charge >= 0.3 is 6.01 Å². The average molecular weight is 210 g/mol. The molecule has 2 heterocycles. The molecule has 14 heavy (non-hydrogen) atoms. The fourth-order valence-electron chi connectivity index (χ4n) is 0.905. The Labute approximate surface area is 84.2 Å². The lowest BCUT2D eigenvalue weighted by molar-refractivity contribution is 0.282.